The van der Waals surface area contributed by atoms with Crippen molar-refractivity contribution in [2.24, 2.45) is 0 Å². The summed E-state index contributed by atoms with van der Waals surface area (Å²) in [6.07, 6.45) is 2.54. The molecular weight excluding hydrogens is 352 g/mol. The summed E-state index contributed by atoms with van der Waals surface area (Å²) < 4.78 is 22.7. The second-order valence-electron chi connectivity index (χ2n) is 5.96. The Morgan fingerprint density at radius 2 is 1.81 bits per heavy atom. The number of fused-ring (bicyclic) bond motifs is 1. The van der Waals surface area contributed by atoms with Crippen LogP contribution < -0.4 is 0 Å². The Hall–Kier alpha value is -2.77. The average molecular weight is 368 g/mol. The van der Waals surface area contributed by atoms with Gasteiger partial charge in [-0.15, -0.1) is 10.2 Å². The number of aliphatic hydroxyl groups is 1. The van der Waals surface area contributed by atoms with Gasteiger partial charge in [0.1, 0.15) is 11.7 Å². The van der Waals surface area contributed by atoms with Gasteiger partial charge in [-0.2, -0.15) is 0 Å². The minimum Gasteiger partial charge on any atom is -0.464 e. The van der Waals surface area contributed by atoms with E-state index in [1.54, 1.807) is 19.4 Å². The molecule has 0 aliphatic rings. The van der Waals surface area contributed by atoms with Crippen molar-refractivity contribution in [2.75, 3.05) is 6.26 Å². The summed E-state index contributed by atoms with van der Waals surface area (Å²) in [6.45, 7) is 1.57. The minimum absolute atomic E-state index is 0.177. The van der Waals surface area contributed by atoms with Gasteiger partial charge in [0.15, 0.2) is 0 Å². The molecule has 0 fully saturated rings. The zero-order valence-electron chi connectivity index (χ0n) is 14.2. The molecule has 0 aliphatic heterocycles. The Morgan fingerprint density at radius 1 is 1.08 bits per heavy atom. The Morgan fingerprint density at radius 3 is 2.46 bits per heavy atom. The van der Waals surface area contributed by atoms with Crippen LogP contribution in [0.2, 0.25) is 0 Å². The van der Waals surface area contributed by atoms with Crippen LogP contribution in [0.25, 0.3) is 33.6 Å². The van der Waals surface area contributed by atoms with Gasteiger partial charge in [-0.05, 0) is 42.8 Å². The summed E-state index contributed by atoms with van der Waals surface area (Å²) >= 11 is 0. The number of aromatic nitrogens is 2. The van der Waals surface area contributed by atoms with Crippen molar-refractivity contribution in [3.8, 4) is 22.6 Å². The zero-order chi connectivity index (χ0) is 18.3. The Balaban J connectivity index is 1.78. The van der Waals surface area contributed by atoms with Gasteiger partial charge in [0.2, 0.25) is 11.8 Å². The highest BCUT2D eigenvalue weighted by Gasteiger charge is 2.15. The summed E-state index contributed by atoms with van der Waals surface area (Å²) in [5.41, 5.74) is 3.36. The molecule has 2 atom stereocenters. The van der Waals surface area contributed by atoms with Crippen LogP contribution >= 0.6 is 0 Å². The smallest absolute Gasteiger partial charge is 0.247 e. The third kappa shape index (κ3) is 2.95. The number of hydrogen-bond donors (Lipinski definition) is 1. The molecular formula is C19H16N2O4S. The molecule has 0 bridgehead atoms. The summed E-state index contributed by atoms with van der Waals surface area (Å²) in [6, 6.07) is 13.1. The first kappa shape index (κ1) is 16.7. The lowest BCUT2D eigenvalue weighted by molar-refractivity contribution is 0.163. The Labute approximate surface area is 151 Å². The second-order valence-corrected chi connectivity index (χ2v) is 7.34. The molecule has 26 heavy (non-hydrogen) atoms. The van der Waals surface area contributed by atoms with Crippen LogP contribution in [-0.2, 0) is 10.8 Å². The van der Waals surface area contributed by atoms with E-state index >= 15 is 0 Å². The number of aliphatic hydroxyl groups excluding tert-OH is 1. The fraction of sp³-hybridized carbons (Fsp3) is 0.158. The number of furan rings is 1. The van der Waals surface area contributed by atoms with E-state index in [0.717, 1.165) is 32.6 Å². The van der Waals surface area contributed by atoms with Gasteiger partial charge in [0, 0.05) is 38.5 Å². The molecule has 1 N–H and O–H groups in total. The molecule has 2 aromatic carbocycles. The van der Waals surface area contributed by atoms with Gasteiger partial charge in [0.05, 0.1) is 6.26 Å². The summed E-state index contributed by atoms with van der Waals surface area (Å²) in [5.74, 6) is 0.516. The predicted octanol–water partition coefficient (Wildman–Crippen LogP) is 3.94. The maximum Gasteiger partial charge on any atom is 0.247 e. The van der Waals surface area contributed by atoms with Gasteiger partial charge >= 0.3 is 0 Å². The van der Waals surface area contributed by atoms with Crippen LogP contribution in [-0.4, -0.2) is 25.8 Å². The predicted molar refractivity (Wildman–Crippen MR) is 97.9 cm³/mol. The lowest BCUT2D eigenvalue weighted by Gasteiger charge is -2.02. The molecule has 0 aliphatic carbocycles. The van der Waals surface area contributed by atoms with E-state index in [1.807, 2.05) is 42.5 Å². The van der Waals surface area contributed by atoms with Crippen molar-refractivity contribution >= 4 is 21.8 Å². The Bertz CT molecular complexity index is 1100. The standard InChI is InChI=1S/C19H16N2O4S/c1-11(22)18-20-21-19(25-18)13-5-8-17-15(9-13)16(10-24-17)12-3-6-14(7-4-12)26(2)23/h3-11,22H,1-2H3/t11-,26?/m0/s1. The van der Waals surface area contributed by atoms with Gasteiger partial charge in [-0.3, -0.25) is 4.21 Å². The number of benzene rings is 2. The van der Waals surface area contributed by atoms with Crippen LogP contribution in [0.4, 0.5) is 0 Å². The van der Waals surface area contributed by atoms with Crippen molar-refractivity contribution in [1.82, 2.24) is 10.2 Å². The fourth-order valence-electron chi connectivity index (χ4n) is 2.73. The molecule has 0 spiro atoms. The summed E-state index contributed by atoms with van der Waals surface area (Å²) in [7, 11) is -1.01. The monoisotopic (exact) mass is 368 g/mol. The highest BCUT2D eigenvalue weighted by Crippen LogP contribution is 2.34. The van der Waals surface area contributed by atoms with Crippen molar-refractivity contribution in [3.05, 3.63) is 54.6 Å². The van der Waals surface area contributed by atoms with Crippen LogP contribution in [0, 0.1) is 0 Å². The SMILES string of the molecule is C[C@H](O)c1nnc(-c2ccc3occ(-c4ccc(S(C)=O)cc4)c3c2)o1. The van der Waals surface area contributed by atoms with Crippen LogP contribution in [0.1, 0.15) is 18.9 Å². The van der Waals surface area contributed by atoms with E-state index in [9.17, 15) is 9.32 Å². The van der Waals surface area contributed by atoms with E-state index in [2.05, 4.69) is 10.2 Å². The third-order valence-corrected chi connectivity index (χ3v) is 5.05. The maximum atomic E-state index is 11.6. The fourth-order valence-corrected chi connectivity index (χ4v) is 3.25. The lowest BCUT2D eigenvalue weighted by Crippen LogP contribution is -1.89. The third-order valence-electron chi connectivity index (χ3n) is 4.12. The molecule has 0 amide bonds. The first-order chi connectivity index (χ1) is 12.5. The number of hydrogen-bond acceptors (Lipinski definition) is 6. The van der Waals surface area contributed by atoms with Crippen molar-refractivity contribution in [1.29, 1.82) is 0 Å². The van der Waals surface area contributed by atoms with Crippen LogP contribution in [0.3, 0.4) is 0 Å². The van der Waals surface area contributed by atoms with E-state index in [0.29, 0.717) is 5.89 Å². The lowest BCUT2D eigenvalue weighted by atomic mass is 10.0. The van der Waals surface area contributed by atoms with Crippen LogP contribution in [0.5, 0.6) is 0 Å². The highest BCUT2D eigenvalue weighted by molar-refractivity contribution is 7.84. The van der Waals surface area contributed by atoms with E-state index < -0.39 is 16.9 Å². The number of nitrogens with zero attached hydrogens (tertiary/aromatic N) is 2. The van der Waals surface area contributed by atoms with E-state index in [1.165, 1.54) is 0 Å². The molecule has 132 valence electrons. The molecule has 4 aromatic rings. The number of rotatable bonds is 4. The molecule has 0 radical (unpaired) electrons. The molecule has 0 saturated heterocycles. The zero-order valence-corrected chi connectivity index (χ0v) is 15.0. The molecule has 2 aromatic heterocycles. The molecule has 0 saturated carbocycles. The summed E-state index contributed by atoms with van der Waals surface area (Å²) in [5, 5.41) is 18.3. The first-order valence-corrected chi connectivity index (χ1v) is 9.55. The van der Waals surface area contributed by atoms with E-state index in [4.69, 9.17) is 8.83 Å². The first-order valence-electron chi connectivity index (χ1n) is 8.00. The molecule has 6 nitrogen and oxygen atoms in total. The Kier molecular flexibility index (Phi) is 4.18. The topological polar surface area (TPSA) is 89.4 Å². The van der Waals surface area contributed by atoms with E-state index in [-0.39, 0.29) is 5.89 Å². The quantitative estimate of drug-likeness (QED) is 0.587. The maximum absolute atomic E-state index is 11.6. The molecule has 4 rings (SSSR count). The highest BCUT2D eigenvalue weighted by atomic mass is 32.2. The van der Waals surface area contributed by atoms with Gasteiger partial charge in [-0.25, -0.2) is 0 Å². The molecule has 1 unspecified atom stereocenters. The van der Waals surface area contributed by atoms with Gasteiger partial charge in [0.25, 0.3) is 0 Å². The second kappa shape index (κ2) is 6.51. The van der Waals surface area contributed by atoms with Crippen molar-refractivity contribution in [2.45, 2.75) is 17.9 Å². The largest absolute Gasteiger partial charge is 0.464 e. The van der Waals surface area contributed by atoms with Crippen molar-refractivity contribution < 1.29 is 18.1 Å². The average Bonchev–Trinajstić information content (AvgIpc) is 3.28. The molecule has 7 heteroatoms. The van der Waals surface area contributed by atoms with Gasteiger partial charge in [-0.1, -0.05) is 12.1 Å². The van der Waals surface area contributed by atoms with Gasteiger partial charge < -0.3 is 13.9 Å². The van der Waals surface area contributed by atoms with Crippen molar-refractivity contribution in [3.63, 3.8) is 0 Å². The van der Waals surface area contributed by atoms with Crippen LogP contribution in [0.15, 0.2) is 62.5 Å². The minimum atomic E-state index is -1.01. The normalized spacial score (nSPS) is 13.8. The summed E-state index contributed by atoms with van der Waals surface area (Å²) in [4.78, 5) is 0.777. The molecule has 2 heterocycles.